The van der Waals surface area contributed by atoms with Gasteiger partial charge in [-0.3, -0.25) is 14.5 Å². The first-order valence-corrected chi connectivity index (χ1v) is 12.4. The van der Waals surface area contributed by atoms with Gasteiger partial charge in [-0.25, -0.2) is 4.68 Å². The minimum absolute atomic E-state index is 0.0786. The Morgan fingerprint density at radius 3 is 2.43 bits per heavy atom. The molecule has 1 unspecified atom stereocenters. The van der Waals surface area contributed by atoms with E-state index in [1.54, 1.807) is 9.58 Å². The molecule has 0 saturated heterocycles. The van der Waals surface area contributed by atoms with Crippen molar-refractivity contribution >= 4 is 28.5 Å². The van der Waals surface area contributed by atoms with Crippen LogP contribution in [0, 0.1) is 6.92 Å². The van der Waals surface area contributed by atoms with E-state index in [9.17, 15) is 9.59 Å². The van der Waals surface area contributed by atoms with Crippen LogP contribution in [0.25, 0.3) is 11.0 Å². The van der Waals surface area contributed by atoms with E-state index in [0.717, 1.165) is 11.1 Å². The van der Waals surface area contributed by atoms with Crippen molar-refractivity contribution in [2.75, 3.05) is 11.5 Å². The van der Waals surface area contributed by atoms with E-state index in [1.807, 2.05) is 107 Å². The minimum atomic E-state index is -0.918. The summed E-state index contributed by atoms with van der Waals surface area (Å²) >= 11 is 0. The average Bonchev–Trinajstić information content (AvgIpc) is 3.25. The van der Waals surface area contributed by atoms with Gasteiger partial charge in [0.1, 0.15) is 23.9 Å². The Kier molecular flexibility index (Phi) is 7.57. The molecule has 1 N–H and O–H groups in total. The predicted molar refractivity (Wildman–Crippen MR) is 144 cm³/mol. The standard InChI is InChI=1S/C29H33N5O3/c1-6-37-23-16-14-21(15-17-23)27(28(36)30-29(3,4)5)34(22-11-9-10-20(2)18-22)26(35)19-33-25-13-8-7-12-24(25)31-32-33/h7-18,27H,6,19H2,1-5H3,(H,30,36). The van der Waals surface area contributed by atoms with Crippen molar-refractivity contribution in [3.8, 4) is 5.75 Å². The molecule has 0 aliphatic carbocycles. The number of fused-ring (bicyclic) bond motifs is 1. The lowest BCUT2D eigenvalue weighted by Crippen LogP contribution is -2.50. The van der Waals surface area contributed by atoms with E-state index >= 15 is 0 Å². The van der Waals surface area contributed by atoms with E-state index in [-0.39, 0.29) is 18.4 Å². The first-order valence-electron chi connectivity index (χ1n) is 12.4. The molecule has 4 aromatic rings. The first-order chi connectivity index (χ1) is 17.7. The number of carbonyl (C=O) groups excluding carboxylic acids is 2. The molecule has 0 bridgehead atoms. The van der Waals surface area contributed by atoms with Crippen molar-refractivity contribution in [1.29, 1.82) is 0 Å². The van der Waals surface area contributed by atoms with Gasteiger partial charge in [-0.2, -0.15) is 0 Å². The van der Waals surface area contributed by atoms with Gasteiger partial charge in [-0.05, 0) is 82.1 Å². The number of aryl methyl sites for hydroxylation is 1. The molecule has 0 spiro atoms. The number of hydrogen-bond acceptors (Lipinski definition) is 5. The van der Waals surface area contributed by atoms with Gasteiger partial charge in [0.15, 0.2) is 0 Å². The Morgan fingerprint density at radius 1 is 1.03 bits per heavy atom. The normalized spacial score (nSPS) is 12.2. The topological polar surface area (TPSA) is 89.4 Å². The molecule has 1 atom stereocenters. The molecule has 1 heterocycles. The Bertz CT molecular complexity index is 1390. The maximum atomic E-state index is 14.1. The third kappa shape index (κ3) is 6.14. The predicted octanol–water partition coefficient (Wildman–Crippen LogP) is 4.83. The van der Waals surface area contributed by atoms with Crippen LogP contribution < -0.4 is 15.0 Å². The van der Waals surface area contributed by atoms with Crippen LogP contribution in [0.15, 0.2) is 72.8 Å². The van der Waals surface area contributed by atoms with E-state index < -0.39 is 11.6 Å². The second-order valence-electron chi connectivity index (χ2n) is 9.98. The summed E-state index contributed by atoms with van der Waals surface area (Å²) in [5.74, 6) is 0.128. The second-order valence-corrected chi connectivity index (χ2v) is 9.98. The van der Waals surface area contributed by atoms with Crippen LogP contribution in [0.4, 0.5) is 5.69 Å². The third-order valence-electron chi connectivity index (χ3n) is 5.77. The molecule has 0 aliphatic rings. The van der Waals surface area contributed by atoms with Crippen molar-refractivity contribution < 1.29 is 14.3 Å². The van der Waals surface area contributed by atoms with Crippen LogP contribution in [0.3, 0.4) is 0 Å². The number of carbonyl (C=O) groups is 2. The highest BCUT2D eigenvalue weighted by Gasteiger charge is 2.35. The molecule has 37 heavy (non-hydrogen) atoms. The van der Waals surface area contributed by atoms with Crippen molar-refractivity contribution in [3.05, 3.63) is 83.9 Å². The summed E-state index contributed by atoms with van der Waals surface area (Å²) in [6, 6.07) is 21.4. The molecular weight excluding hydrogens is 466 g/mol. The molecule has 0 aliphatic heterocycles. The molecule has 2 amide bonds. The Morgan fingerprint density at radius 2 is 1.76 bits per heavy atom. The molecule has 192 valence electrons. The minimum Gasteiger partial charge on any atom is -0.494 e. The molecular formula is C29H33N5O3. The quantitative estimate of drug-likeness (QED) is 0.375. The fourth-order valence-electron chi connectivity index (χ4n) is 4.22. The number of ether oxygens (including phenoxy) is 1. The van der Waals surface area contributed by atoms with E-state index in [4.69, 9.17) is 4.74 Å². The summed E-state index contributed by atoms with van der Waals surface area (Å²) < 4.78 is 7.17. The second kappa shape index (κ2) is 10.8. The van der Waals surface area contributed by atoms with Gasteiger partial charge in [-0.15, -0.1) is 5.10 Å². The van der Waals surface area contributed by atoms with Crippen LogP contribution in [-0.2, 0) is 16.1 Å². The molecule has 0 fully saturated rings. The van der Waals surface area contributed by atoms with Crippen LogP contribution in [0.5, 0.6) is 5.75 Å². The Balaban J connectivity index is 1.81. The fourth-order valence-corrected chi connectivity index (χ4v) is 4.22. The van der Waals surface area contributed by atoms with Crippen LogP contribution in [0.2, 0.25) is 0 Å². The summed E-state index contributed by atoms with van der Waals surface area (Å²) in [5.41, 5.74) is 3.22. The van der Waals surface area contributed by atoms with Crippen LogP contribution >= 0.6 is 0 Å². The highest BCUT2D eigenvalue weighted by Crippen LogP contribution is 2.31. The zero-order valence-corrected chi connectivity index (χ0v) is 21.9. The molecule has 3 aromatic carbocycles. The maximum absolute atomic E-state index is 14.1. The molecule has 4 rings (SSSR count). The zero-order chi connectivity index (χ0) is 26.6. The Hall–Kier alpha value is -4.20. The van der Waals surface area contributed by atoms with E-state index in [1.165, 1.54) is 0 Å². The summed E-state index contributed by atoms with van der Waals surface area (Å²) in [7, 11) is 0. The largest absolute Gasteiger partial charge is 0.494 e. The summed E-state index contributed by atoms with van der Waals surface area (Å²) in [4.78, 5) is 29.4. The number of nitrogens with zero attached hydrogens (tertiary/aromatic N) is 4. The molecule has 8 nitrogen and oxygen atoms in total. The third-order valence-corrected chi connectivity index (χ3v) is 5.77. The molecule has 1 aromatic heterocycles. The average molecular weight is 500 g/mol. The van der Waals surface area contributed by atoms with E-state index in [2.05, 4.69) is 15.6 Å². The zero-order valence-electron chi connectivity index (χ0n) is 21.9. The maximum Gasteiger partial charge on any atom is 0.249 e. The molecule has 0 radical (unpaired) electrons. The smallest absolute Gasteiger partial charge is 0.249 e. The number of hydrogen-bond donors (Lipinski definition) is 1. The lowest BCUT2D eigenvalue weighted by atomic mass is 10.00. The number of rotatable bonds is 8. The summed E-state index contributed by atoms with van der Waals surface area (Å²) in [5, 5.41) is 11.4. The first kappa shape index (κ1) is 25.9. The van der Waals surface area contributed by atoms with Crippen LogP contribution in [0.1, 0.15) is 44.9 Å². The Labute approximate surface area is 217 Å². The van der Waals surface area contributed by atoms with Crippen molar-refractivity contribution in [2.24, 2.45) is 0 Å². The van der Waals surface area contributed by atoms with Crippen molar-refractivity contribution in [1.82, 2.24) is 20.3 Å². The van der Waals surface area contributed by atoms with Gasteiger partial charge < -0.3 is 10.1 Å². The lowest BCUT2D eigenvalue weighted by molar-refractivity contribution is -0.128. The highest BCUT2D eigenvalue weighted by atomic mass is 16.5. The summed E-state index contributed by atoms with van der Waals surface area (Å²) in [6.45, 7) is 10.1. The van der Waals surface area contributed by atoms with Gasteiger partial charge >= 0.3 is 0 Å². The van der Waals surface area contributed by atoms with Crippen LogP contribution in [-0.4, -0.2) is 39.0 Å². The molecule has 8 heteroatoms. The van der Waals surface area contributed by atoms with Crippen molar-refractivity contribution in [2.45, 2.75) is 52.7 Å². The van der Waals surface area contributed by atoms with E-state index in [0.29, 0.717) is 29.1 Å². The fraction of sp³-hybridized carbons (Fsp3) is 0.310. The van der Waals surface area contributed by atoms with Gasteiger partial charge in [0.2, 0.25) is 11.8 Å². The lowest BCUT2D eigenvalue weighted by Gasteiger charge is -2.34. The van der Waals surface area contributed by atoms with Gasteiger partial charge in [0.25, 0.3) is 0 Å². The number of para-hydroxylation sites is 1. The number of aromatic nitrogens is 3. The molecule has 0 saturated carbocycles. The van der Waals surface area contributed by atoms with Gasteiger partial charge in [0.05, 0.1) is 12.1 Å². The monoisotopic (exact) mass is 499 g/mol. The number of benzene rings is 3. The summed E-state index contributed by atoms with van der Waals surface area (Å²) in [6.07, 6.45) is 0. The number of nitrogens with one attached hydrogen (secondary N) is 1. The number of amides is 2. The SMILES string of the molecule is CCOc1ccc(C(C(=O)NC(C)(C)C)N(C(=O)Cn2nnc3ccccc32)c2cccc(C)c2)cc1. The highest BCUT2D eigenvalue weighted by molar-refractivity contribution is 6.01. The van der Waals surface area contributed by atoms with Crippen molar-refractivity contribution in [3.63, 3.8) is 0 Å². The number of anilines is 1. The van der Waals surface area contributed by atoms with Gasteiger partial charge in [-0.1, -0.05) is 41.6 Å². The van der Waals surface area contributed by atoms with Gasteiger partial charge in [0, 0.05) is 11.2 Å².